The van der Waals surface area contributed by atoms with E-state index in [2.05, 4.69) is 42.5 Å². The highest BCUT2D eigenvalue weighted by molar-refractivity contribution is 9.10. The Morgan fingerprint density at radius 1 is 1.23 bits per heavy atom. The fourth-order valence-corrected chi connectivity index (χ4v) is 4.67. The molecule has 2 atom stereocenters. The first-order chi connectivity index (χ1) is 12.7. The van der Waals surface area contributed by atoms with E-state index in [4.69, 9.17) is 0 Å². The number of halogens is 1. The zero-order valence-corrected chi connectivity index (χ0v) is 16.2. The van der Waals surface area contributed by atoms with Crippen molar-refractivity contribution in [3.8, 4) is 0 Å². The summed E-state index contributed by atoms with van der Waals surface area (Å²) in [6.45, 7) is 2.25. The van der Waals surface area contributed by atoms with Crippen molar-refractivity contribution in [2.75, 3.05) is 18.4 Å². The van der Waals surface area contributed by atoms with E-state index in [0.29, 0.717) is 12.0 Å². The lowest BCUT2D eigenvalue weighted by Crippen LogP contribution is -2.64. The normalized spacial score (nSPS) is 27.1. The van der Waals surface area contributed by atoms with Crippen molar-refractivity contribution in [2.24, 2.45) is 5.92 Å². The number of carbonyl (C=O) groups excluding carboxylic acids is 1. The number of piperidine rings is 3. The minimum absolute atomic E-state index is 0.127. The van der Waals surface area contributed by atoms with Crippen LogP contribution in [0.1, 0.15) is 18.4 Å². The molecule has 0 unspecified atom stereocenters. The quantitative estimate of drug-likeness (QED) is 0.801. The molecule has 3 aliphatic rings. The zero-order chi connectivity index (χ0) is 17.9. The summed E-state index contributed by atoms with van der Waals surface area (Å²) in [6, 6.07) is 12.1. The van der Waals surface area contributed by atoms with Gasteiger partial charge in [0.25, 0.3) is 0 Å². The Balaban J connectivity index is 1.46. The van der Waals surface area contributed by atoms with E-state index < -0.39 is 0 Å². The lowest BCUT2D eigenvalue weighted by atomic mass is 9.77. The van der Waals surface area contributed by atoms with Crippen LogP contribution in [0.25, 0.3) is 0 Å². The van der Waals surface area contributed by atoms with Crippen LogP contribution in [0.5, 0.6) is 0 Å². The molecule has 136 valence electrons. The lowest BCUT2D eigenvalue weighted by Gasteiger charge is -2.51. The summed E-state index contributed by atoms with van der Waals surface area (Å²) in [5.74, 6) is 0.551. The number of nitrogens with zero attached hydrogens (tertiary/aromatic N) is 2. The second-order valence-corrected chi connectivity index (χ2v) is 8.06. The molecular weight excluding hydrogens is 392 g/mol. The summed E-state index contributed by atoms with van der Waals surface area (Å²) >= 11 is 3.44. The number of anilines is 1. The highest BCUT2D eigenvalue weighted by atomic mass is 79.9. The van der Waals surface area contributed by atoms with Crippen molar-refractivity contribution in [1.29, 1.82) is 0 Å². The minimum Gasteiger partial charge on any atom is -0.333 e. The Morgan fingerprint density at radius 3 is 2.81 bits per heavy atom. The largest absolute Gasteiger partial charge is 0.333 e. The Bertz CT molecular complexity index is 761. The molecule has 3 saturated heterocycles. The van der Waals surface area contributed by atoms with Gasteiger partial charge in [0.15, 0.2) is 0 Å². The third kappa shape index (κ3) is 3.91. The number of hydrogen-bond acceptors (Lipinski definition) is 3. The first kappa shape index (κ1) is 17.5. The molecule has 4 heterocycles. The van der Waals surface area contributed by atoms with Gasteiger partial charge in [-0.3, -0.25) is 9.88 Å². The van der Waals surface area contributed by atoms with Crippen molar-refractivity contribution in [3.63, 3.8) is 0 Å². The molecule has 26 heavy (non-hydrogen) atoms. The summed E-state index contributed by atoms with van der Waals surface area (Å²) in [5.41, 5.74) is 2.02. The number of benzene rings is 1. The lowest BCUT2D eigenvalue weighted by molar-refractivity contribution is 0.0184. The van der Waals surface area contributed by atoms with Gasteiger partial charge < -0.3 is 10.6 Å². The summed E-state index contributed by atoms with van der Waals surface area (Å²) in [7, 11) is 0. The van der Waals surface area contributed by atoms with Crippen molar-refractivity contribution in [2.45, 2.75) is 31.3 Å². The van der Waals surface area contributed by atoms with Crippen molar-refractivity contribution in [3.05, 3.63) is 58.8 Å². The summed E-state index contributed by atoms with van der Waals surface area (Å²) in [4.78, 5) is 19.4. The Labute approximate surface area is 162 Å². The average Bonchev–Trinajstić information content (AvgIpc) is 2.65. The Morgan fingerprint density at radius 2 is 2.08 bits per heavy atom. The van der Waals surface area contributed by atoms with Gasteiger partial charge >= 0.3 is 6.03 Å². The number of amides is 2. The van der Waals surface area contributed by atoms with Gasteiger partial charge in [-0.15, -0.1) is 0 Å². The van der Waals surface area contributed by atoms with Crippen LogP contribution in [0.4, 0.5) is 10.5 Å². The summed E-state index contributed by atoms with van der Waals surface area (Å²) in [6.07, 6.45) is 6.98. The number of nitrogens with one attached hydrogen (secondary N) is 2. The van der Waals surface area contributed by atoms with E-state index >= 15 is 0 Å². The molecule has 2 aromatic rings. The molecule has 1 aromatic heterocycles. The molecular formula is C20H23BrN4O. The number of fused-ring (bicyclic) bond motifs is 3. The van der Waals surface area contributed by atoms with Gasteiger partial charge in [-0.05, 0) is 68.1 Å². The number of urea groups is 1. The molecule has 5 nitrogen and oxygen atoms in total. The standard InChI is InChI=1S/C20H23BrN4O/c21-16-4-1-5-17(12-16)23-20(26)24-19-15-6-9-25(10-7-15)18(19)11-14-3-2-8-22-13-14/h1-5,8,12-13,15,18-19H,6-7,9-11H2,(H2,23,24,26)/t18-,19+/m1/s1. The Hall–Kier alpha value is -1.92. The van der Waals surface area contributed by atoms with Gasteiger partial charge in [-0.2, -0.15) is 0 Å². The van der Waals surface area contributed by atoms with Crippen LogP contribution < -0.4 is 10.6 Å². The molecule has 3 fully saturated rings. The van der Waals surface area contributed by atoms with Crippen LogP contribution in [0.2, 0.25) is 0 Å². The highest BCUT2D eigenvalue weighted by Gasteiger charge is 2.42. The van der Waals surface area contributed by atoms with E-state index in [9.17, 15) is 4.79 Å². The fourth-order valence-electron chi connectivity index (χ4n) is 4.27. The van der Waals surface area contributed by atoms with Crippen LogP contribution in [0, 0.1) is 5.92 Å². The number of carbonyl (C=O) groups is 1. The SMILES string of the molecule is O=C(Nc1cccc(Br)c1)N[C@H]1C2CCN(CC2)[C@@H]1Cc1cccnc1. The van der Waals surface area contributed by atoms with Gasteiger partial charge in [-0.1, -0.05) is 28.1 Å². The molecule has 5 rings (SSSR count). The maximum Gasteiger partial charge on any atom is 0.319 e. The molecule has 0 spiro atoms. The van der Waals surface area contributed by atoms with E-state index in [0.717, 1.165) is 42.5 Å². The first-order valence-corrected chi connectivity index (χ1v) is 9.94. The second-order valence-electron chi connectivity index (χ2n) is 7.14. The van der Waals surface area contributed by atoms with Gasteiger partial charge in [0.2, 0.25) is 0 Å². The second kappa shape index (κ2) is 7.76. The Kier molecular flexibility index (Phi) is 5.22. The van der Waals surface area contributed by atoms with E-state index in [1.54, 1.807) is 6.20 Å². The molecule has 2 N–H and O–H groups in total. The molecule has 3 aliphatic heterocycles. The summed E-state index contributed by atoms with van der Waals surface area (Å²) in [5, 5.41) is 6.22. The van der Waals surface area contributed by atoms with Crippen LogP contribution in [0.15, 0.2) is 53.3 Å². The highest BCUT2D eigenvalue weighted by Crippen LogP contribution is 2.34. The summed E-state index contributed by atoms with van der Waals surface area (Å²) < 4.78 is 0.951. The topological polar surface area (TPSA) is 57.3 Å². The van der Waals surface area contributed by atoms with Crippen LogP contribution >= 0.6 is 15.9 Å². The molecule has 2 amide bonds. The van der Waals surface area contributed by atoms with Gasteiger partial charge in [-0.25, -0.2) is 4.79 Å². The average molecular weight is 415 g/mol. The van der Waals surface area contributed by atoms with E-state index in [1.165, 1.54) is 5.56 Å². The monoisotopic (exact) mass is 414 g/mol. The molecule has 0 saturated carbocycles. The molecule has 1 aromatic carbocycles. The van der Waals surface area contributed by atoms with Crippen LogP contribution in [-0.4, -0.2) is 41.1 Å². The van der Waals surface area contributed by atoms with Crippen LogP contribution in [-0.2, 0) is 6.42 Å². The third-order valence-electron chi connectivity index (χ3n) is 5.51. The van der Waals surface area contributed by atoms with E-state index in [-0.39, 0.29) is 12.1 Å². The minimum atomic E-state index is -0.127. The number of pyridine rings is 1. The maximum absolute atomic E-state index is 12.6. The molecule has 6 heteroatoms. The van der Waals surface area contributed by atoms with Gasteiger partial charge in [0.05, 0.1) is 0 Å². The van der Waals surface area contributed by atoms with Gasteiger partial charge in [0, 0.05) is 34.6 Å². The maximum atomic E-state index is 12.6. The predicted molar refractivity (Wildman–Crippen MR) is 106 cm³/mol. The van der Waals surface area contributed by atoms with E-state index in [1.807, 2.05) is 36.5 Å². The molecule has 2 bridgehead atoms. The third-order valence-corrected chi connectivity index (χ3v) is 6.01. The van der Waals surface area contributed by atoms with Crippen molar-refractivity contribution < 1.29 is 4.79 Å². The van der Waals surface area contributed by atoms with Gasteiger partial charge in [0.1, 0.15) is 0 Å². The van der Waals surface area contributed by atoms with Crippen molar-refractivity contribution >= 4 is 27.6 Å². The first-order valence-electron chi connectivity index (χ1n) is 9.15. The predicted octanol–water partition coefficient (Wildman–Crippen LogP) is 3.67. The zero-order valence-electron chi connectivity index (χ0n) is 14.6. The van der Waals surface area contributed by atoms with Crippen LogP contribution in [0.3, 0.4) is 0 Å². The number of hydrogen-bond donors (Lipinski definition) is 2. The fraction of sp³-hybridized carbons (Fsp3) is 0.400. The number of rotatable bonds is 4. The smallest absolute Gasteiger partial charge is 0.319 e. The molecule has 0 radical (unpaired) electrons. The number of aromatic nitrogens is 1. The van der Waals surface area contributed by atoms with Crippen molar-refractivity contribution in [1.82, 2.24) is 15.2 Å². The molecule has 0 aliphatic carbocycles.